The summed E-state index contributed by atoms with van der Waals surface area (Å²) in [6, 6.07) is 3.10. The number of fused-ring (bicyclic) bond motifs is 3. The van der Waals surface area contributed by atoms with E-state index in [-0.39, 0.29) is 42.1 Å². The number of carbonyl (C=O) groups excluding carboxylic acids is 2. The van der Waals surface area contributed by atoms with Gasteiger partial charge in [0.2, 0.25) is 15.9 Å². The van der Waals surface area contributed by atoms with Crippen molar-refractivity contribution in [3.05, 3.63) is 28.3 Å². The van der Waals surface area contributed by atoms with Crippen molar-refractivity contribution in [2.24, 2.45) is 0 Å². The zero-order chi connectivity index (χ0) is 22.5. The van der Waals surface area contributed by atoms with E-state index in [0.29, 0.717) is 35.7 Å². The van der Waals surface area contributed by atoms with Gasteiger partial charge in [-0.15, -0.1) is 0 Å². The maximum atomic E-state index is 13.1. The first-order valence-electron chi connectivity index (χ1n) is 11.5. The normalized spacial score (nSPS) is 28.0. The number of piperidine rings is 1. The van der Waals surface area contributed by atoms with E-state index in [2.05, 4.69) is 15.5 Å². The van der Waals surface area contributed by atoms with Gasteiger partial charge in [-0.05, 0) is 69.3 Å². The van der Waals surface area contributed by atoms with Gasteiger partial charge in [0.25, 0.3) is 5.91 Å². The van der Waals surface area contributed by atoms with Crippen molar-refractivity contribution in [3.8, 4) is 0 Å². The quantitative estimate of drug-likeness (QED) is 0.648. The van der Waals surface area contributed by atoms with Gasteiger partial charge >= 0.3 is 0 Å². The molecule has 0 saturated carbocycles. The van der Waals surface area contributed by atoms with Crippen LogP contribution in [0.4, 0.5) is 5.69 Å². The fourth-order valence-electron chi connectivity index (χ4n) is 5.75. The highest BCUT2D eigenvalue weighted by Crippen LogP contribution is 2.38. The van der Waals surface area contributed by atoms with Gasteiger partial charge < -0.3 is 15.5 Å². The number of benzene rings is 1. The maximum absolute atomic E-state index is 13.1. The average Bonchev–Trinajstić information content (AvgIpc) is 3.44. The highest BCUT2D eigenvalue weighted by atomic mass is 35.5. The zero-order valence-corrected chi connectivity index (χ0v) is 19.6. The Morgan fingerprint density at radius 3 is 2.53 bits per heavy atom. The monoisotopic (exact) mass is 480 g/mol. The number of hydrogen-bond acceptors (Lipinski definition) is 5. The lowest BCUT2D eigenvalue weighted by Crippen LogP contribution is -2.53. The molecular weight excluding hydrogens is 452 g/mol. The number of halogens is 1. The second-order valence-electron chi connectivity index (χ2n) is 9.44. The molecule has 4 heterocycles. The van der Waals surface area contributed by atoms with E-state index in [0.717, 1.165) is 44.3 Å². The van der Waals surface area contributed by atoms with Crippen LogP contribution in [0.2, 0.25) is 5.02 Å². The third kappa shape index (κ3) is 4.27. The van der Waals surface area contributed by atoms with Crippen LogP contribution < -0.4 is 10.6 Å². The van der Waals surface area contributed by atoms with Gasteiger partial charge in [-0.1, -0.05) is 11.6 Å². The number of hydrogen-bond donors (Lipinski definition) is 2. The van der Waals surface area contributed by atoms with E-state index >= 15 is 0 Å². The van der Waals surface area contributed by atoms with Gasteiger partial charge in [0.1, 0.15) is 0 Å². The molecule has 1 aromatic rings. The summed E-state index contributed by atoms with van der Waals surface area (Å²) >= 11 is 6.31. The van der Waals surface area contributed by atoms with Crippen LogP contribution in [-0.4, -0.2) is 72.9 Å². The Morgan fingerprint density at radius 2 is 1.84 bits per heavy atom. The molecule has 174 valence electrons. The molecule has 1 aromatic carbocycles. The van der Waals surface area contributed by atoms with Crippen molar-refractivity contribution in [1.29, 1.82) is 0 Å². The number of likely N-dealkylation sites (tertiary alicyclic amines) is 1. The molecule has 3 atom stereocenters. The number of amides is 2. The molecule has 4 aliphatic heterocycles. The fraction of sp³-hybridized carbons (Fsp3) is 0.636. The van der Waals surface area contributed by atoms with E-state index in [9.17, 15) is 18.0 Å². The molecule has 2 amide bonds. The first-order chi connectivity index (χ1) is 15.3. The predicted molar refractivity (Wildman–Crippen MR) is 122 cm³/mol. The standard InChI is InChI=1S/C22H29ClN4O4S/c23-19-13-20-14(10-21(28)25-20)9-18(19)22(29)24-15-11-16-3-4-17(12-15)27(16)32(30,31)8-7-26-5-1-2-6-26/h9,13,15-17H,1-8,10-12H2,(H,24,29)(H,25,28)/t15?,16-,17+. The molecule has 3 fully saturated rings. The molecule has 10 heteroatoms. The van der Waals surface area contributed by atoms with E-state index < -0.39 is 10.0 Å². The smallest absolute Gasteiger partial charge is 0.253 e. The third-order valence-electron chi connectivity index (χ3n) is 7.25. The van der Waals surface area contributed by atoms with Gasteiger partial charge in [-0.2, -0.15) is 4.31 Å². The molecule has 0 aliphatic carbocycles. The summed E-state index contributed by atoms with van der Waals surface area (Å²) in [7, 11) is -3.31. The molecule has 2 bridgehead atoms. The van der Waals surface area contributed by atoms with Crippen LogP contribution >= 0.6 is 11.6 Å². The summed E-state index contributed by atoms with van der Waals surface area (Å²) in [6.07, 6.45) is 5.46. The molecule has 4 aliphatic rings. The van der Waals surface area contributed by atoms with E-state index in [1.807, 2.05) is 0 Å². The fourth-order valence-corrected chi connectivity index (χ4v) is 7.99. The summed E-state index contributed by atoms with van der Waals surface area (Å²) in [5.41, 5.74) is 1.78. The number of anilines is 1. The molecule has 0 aromatic heterocycles. The largest absolute Gasteiger partial charge is 0.349 e. The lowest BCUT2D eigenvalue weighted by molar-refractivity contribution is -0.115. The Hall–Kier alpha value is -1.68. The molecular formula is C22H29ClN4O4S. The highest BCUT2D eigenvalue weighted by molar-refractivity contribution is 7.89. The zero-order valence-electron chi connectivity index (χ0n) is 18.0. The van der Waals surface area contributed by atoms with Crippen molar-refractivity contribution in [1.82, 2.24) is 14.5 Å². The summed E-state index contributed by atoms with van der Waals surface area (Å²) in [5, 5.41) is 6.10. The summed E-state index contributed by atoms with van der Waals surface area (Å²) in [4.78, 5) is 26.8. The van der Waals surface area contributed by atoms with E-state index in [4.69, 9.17) is 11.6 Å². The highest BCUT2D eigenvalue weighted by Gasteiger charge is 2.47. The second kappa shape index (κ2) is 8.59. The van der Waals surface area contributed by atoms with Crippen LogP contribution in [0.25, 0.3) is 0 Å². The molecule has 8 nitrogen and oxygen atoms in total. The lowest BCUT2D eigenvalue weighted by Gasteiger charge is -2.38. The van der Waals surface area contributed by atoms with E-state index in [1.54, 1.807) is 16.4 Å². The van der Waals surface area contributed by atoms with E-state index in [1.165, 1.54) is 0 Å². The van der Waals surface area contributed by atoms with Crippen LogP contribution in [0.5, 0.6) is 0 Å². The number of rotatable bonds is 6. The van der Waals surface area contributed by atoms with Crippen LogP contribution in [0.15, 0.2) is 12.1 Å². The topological polar surface area (TPSA) is 98.8 Å². The third-order valence-corrected chi connectivity index (χ3v) is 9.50. The first kappa shape index (κ1) is 22.1. The molecule has 3 saturated heterocycles. The first-order valence-corrected chi connectivity index (χ1v) is 13.5. The molecule has 2 N–H and O–H groups in total. The molecule has 0 spiro atoms. The molecule has 0 radical (unpaired) electrons. The summed E-state index contributed by atoms with van der Waals surface area (Å²) < 4.78 is 27.9. The minimum Gasteiger partial charge on any atom is -0.349 e. The minimum absolute atomic E-state index is 0.0556. The number of nitrogens with one attached hydrogen (secondary N) is 2. The van der Waals surface area contributed by atoms with Crippen molar-refractivity contribution in [3.63, 3.8) is 0 Å². The van der Waals surface area contributed by atoms with Crippen LogP contribution in [0.3, 0.4) is 0 Å². The number of nitrogens with zero attached hydrogens (tertiary/aromatic N) is 2. The van der Waals surface area contributed by atoms with Crippen molar-refractivity contribution < 1.29 is 18.0 Å². The van der Waals surface area contributed by atoms with Gasteiger partial charge in [-0.25, -0.2) is 8.42 Å². The number of sulfonamides is 1. The Kier molecular flexibility index (Phi) is 5.94. The Morgan fingerprint density at radius 1 is 1.16 bits per heavy atom. The van der Waals surface area contributed by atoms with Crippen molar-refractivity contribution in [2.45, 2.75) is 63.1 Å². The average molecular weight is 481 g/mol. The SMILES string of the molecule is O=C1Cc2cc(C(=O)NC3C[C@H]4CC[C@@H](C3)N4S(=O)(=O)CCN3CCCC3)c(Cl)cc2N1. The second-order valence-corrected chi connectivity index (χ2v) is 11.8. The predicted octanol–water partition coefficient (Wildman–Crippen LogP) is 1.99. The minimum atomic E-state index is -3.31. The molecule has 1 unspecified atom stereocenters. The van der Waals surface area contributed by atoms with Crippen LogP contribution in [0.1, 0.15) is 54.4 Å². The van der Waals surface area contributed by atoms with Crippen molar-refractivity contribution in [2.75, 3.05) is 30.7 Å². The van der Waals surface area contributed by atoms with Crippen LogP contribution in [-0.2, 0) is 21.2 Å². The maximum Gasteiger partial charge on any atom is 0.253 e. The Labute approximate surface area is 193 Å². The van der Waals surface area contributed by atoms with Crippen molar-refractivity contribution >= 4 is 39.1 Å². The Bertz CT molecular complexity index is 1030. The Balaban J connectivity index is 1.23. The summed E-state index contributed by atoms with van der Waals surface area (Å²) in [5.74, 6) is -0.204. The summed E-state index contributed by atoms with van der Waals surface area (Å²) in [6.45, 7) is 2.59. The van der Waals surface area contributed by atoms with Crippen LogP contribution in [0, 0.1) is 0 Å². The van der Waals surface area contributed by atoms with Gasteiger partial charge in [0, 0.05) is 30.4 Å². The number of carbonyl (C=O) groups is 2. The molecule has 32 heavy (non-hydrogen) atoms. The lowest BCUT2D eigenvalue weighted by atomic mass is 9.99. The van der Waals surface area contributed by atoms with Gasteiger partial charge in [0.05, 0.1) is 22.8 Å². The van der Waals surface area contributed by atoms with Gasteiger partial charge in [0.15, 0.2) is 0 Å². The van der Waals surface area contributed by atoms with Gasteiger partial charge in [-0.3, -0.25) is 9.59 Å². The molecule has 5 rings (SSSR count).